The third kappa shape index (κ3) is 3.17. The molecule has 0 radical (unpaired) electrons. The molecule has 4 rings (SSSR count). The highest BCUT2D eigenvalue weighted by Crippen LogP contribution is 2.35. The van der Waals surface area contributed by atoms with E-state index < -0.39 is 0 Å². The summed E-state index contributed by atoms with van der Waals surface area (Å²) in [5, 5.41) is 9.12. The van der Waals surface area contributed by atoms with Gasteiger partial charge in [0.1, 0.15) is 12.7 Å². The third-order valence-corrected chi connectivity index (χ3v) is 5.36. The Morgan fingerprint density at radius 3 is 2.83 bits per heavy atom. The molecule has 0 aromatic carbocycles. The molecular weight excluding hydrogens is 288 g/mol. The van der Waals surface area contributed by atoms with Crippen molar-refractivity contribution in [1.82, 2.24) is 29.4 Å². The summed E-state index contributed by atoms with van der Waals surface area (Å²) < 4.78 is 4.02. The van der Waals surface area contributed by atoms with E-state index >= 15 is 0 Å². The molecule has 0 N–H and O–H groups in total. The number of piperidine rings is 1. The number of hydrogen-bond acceptors (Lipinski definition) is 4. The molecule has 1 saturated heterocycles. The Kier molecular flexibility index (Phi) is 4.16. The van der Waals surface area contributed by atoms with Crippen molar-refractivity contribution in [2.45, 2.75) is 57.0 Å². The number of hydrogen-bond donors (Lipinski definition) is 0. The zero-order chi connectivity index (χ0) is 15.6. The summed E-state index contributed by atoms with van der Waals surface area (Å²) in [6, 6.07) is 0.456. The minimum Gasteiger partial charge on any atom is -0.297 e. The fraction of sp³-hybridized carbons (Fsp3) is 0.706. The van der Waals surface area contributed by atoms with Gasteiger partial charge in [-0.05, 0) is 32.2 Å². The second kappa shape index (κ2) is 6.43. The number of aryl methyl sites for hydroxylation is 1. The lowest BCUT2D eigenvalue weighted by Gasteiger charge is -2.32. The lowest BCUT2D eigenvalue weighted by atomic mass is 9.99. The third-order valence-electron chi connectivity index (χ3n) is 5.36. The van der Waals surface area contributed by atoms with E-state index in [2.05, 4.69) is 28.2 Å². The number of nitrogens with zero attached hydrogens (tertiary/aromatic N) is 6. The van der Waals surface area contributed by atoms with E-state index in [1.54, 1.807) is 6.33 Å². The highest BCUT2D eigenvalue weighted by molar-refractivity contribution is 5.22. The van der Waals surface area contributed by atoms with Gasteiger partial charge < -0.3 is 0 Å². The van der Waals surface area contributed by atoms with E-state index in [9.17, 15) is 0 Å². The average Bonchev–Trinajstić information content (AvgIpc) is 3.29. The van der Waals surface area contributed by atoms with Gasteiger partial charge in [0.15, 0.2) is 0 Å². The molecule has 1 saturated carbocycles. The van der Waals surface area contributed by atoms with E-state index in [0.29, 0.717) is 12.0 Å². The lowest BCUT2D eigenvalue weighted by molar-refractivity contribution is 0.162. The van der Waals surface area contributed by atoms with Crippen molar-refractivity contribution in [3.8, 4) is 0 Å². The molecule has 1 aliphatic carbocycles. The van der Waals surface area contributed by atoms with E-state index in [1.165, 1.54) is 56.3 Å². The quantitative estimate of drug-likeness (QED) is 0.870. The maximum atomic E-state index is 4.79. The first-order valence-corrected chi connectivity index (χ1v) is 8.88. The molecule has 1 aliphatic heterocycles. The Morgan fingerprint density at radius 1 is 1.17 bits per heavy atom. The molecular formula is C17H26N6. The maximum Gasteiger partial charge on any atom is 0.137 e. The molecule has 0 amide bonds. The minimum atomic E-state index is 0.456. The Labute approximate surface area is 137 Å². The van der Waals surface area contributed by atoms with Crippen LogP contribution in [0.3, 0.4) is 0 Å². The van der Waals surface area contributed by atoms with Gasteiger partial charge in [-0.3, -0.25) is 9.58 Å². The van der Waals surface area contributed by atoms with Crippen LogP contribution in [0.4, 0.5) is 0 Å². The first kappa shape index (κ1) is 14.9. The summed E-state index contributed by atoms with van der Waals surface area (Å²) in [5.41, 5.74) is 2.78. The highest BCUT2D eigenvalue weighted by atomic mass is 15.4. The topological polar surface area (TPSA) is 51.8 Å². The molecule has 23 heavy (non-hydrogen) atoms. The van der Waals surface area contributed by atoms with E-state index in [1.807, 2.05) is 15.7 Å². The van der Waals surface area contributed by atoms with Crippen LogP contribution in [0.15, 0.2) is 18.9 Å². The Bertz CT molecular complexity index is 626. The van der Waals surface area contributed by atoms with Crippen LogP contribution in [0.1, 0.15) is 61.7 Å². The molecule has 1 atom stereocenters. The van der Waals surface area contributed by atoms with Crippen molar-refractivity contribution in [1.29, 1.82) is 0 Å². The highest BCUT2D eigenvalue weighted by Gasteiger charge is 2.26. The number of likely N-dealkylation sites (tertiary alicyclic amines) is 1. The SMILES string of the molecule is Cn1cc(CN2CCCC(n3cncn3)C2)c(C2CCCC2)n1. The van der Waals surface area contributed by atoms with Crippen LogP contribution in [0.5, 0.6) is 0 Å². The van der Waals surface area contributed by atoms with Crippen molar-refractivity contribution in [2.24, 2.45) is 7.05 Å². The molecule has 1 unspecified atom stereocenters. The second-order valence-corrected chi connectivity index (χ2v) is 7.10. The smallest absolute Gasteiger partial charge is 0.137 e. The first-order chi connectivity index (χ1) is 11.3. The fourth-order valence-electron chi connectivity index (χ4n) is 4.26. The summed E-state index contributed by atoms with van der Waals surface area (Å²) in [4.78, 5) is 6.66. The van der Waals surface area contributed by atoms with Crippen molar-refractivity contribution < 1.29 is 0 Å². The Hall–Kier alpha value is -1.69. The van der Waals surface area contributed by atoms with Gasteiger partial charge >= 0.3 is 0 Å². The van der Waals surface area contributed by atoms with Gasteiger partial charge in [-0.15, -0.1) is 0 Å². The van der Waals surface area contributed by atoms with Gasteiger partial charge in [0, 0.05) is 37.8 Å². The number of rotatable bonds is 4. The van der Waals surface area contributed by atoms with Crippen molar-refractivity contribution in [3.05, 3.63) is 30.1 Å². The first-order valence-electron chi connectivity index (χ1n) is 8.88. The normalized spacial score (nSPS) is 23.6. The zero-order valence-corrected chi connectivity index (χ0v) is 13.9. The van der Waals surface area contributed by atoms with Crippen molar-refractivity contribution in [3.63, 3.8) is 0 Å². The molecule has 6 heteroatoms. The van der Waals surface area contributed by atoms with E-state index in [-0.39, 0.29) is 0 Å². The molecule has 3 heterocycles. The summed E-state index contributed by atoms with van der Waals surface area (Å²) >= 11 is 0. The van der Waals surface area contributed by atoms with Crippen LogP contribution in [0, 0.1) is 0 Å². The van der Waals surface area contributed by atoms with Gasteiger partial charge in [-0.2, -0.15) is 10.2 Å². The molecule has 124 valence electrons. The van der Waals surface area contributed by atoms with Gasteiger partial charge in [-0.1, -0.05) is 12.8 Å². The Balaban J connectivity index is 1.47. The van der Waals surface area contributed by atoms with Crippen molar-refractivity contribution in [2.75, 3.05) is 13.1 Å². The molecule has 2 fully saturated rings. The molecule has 6 nitrogen and oxygen atoms in total. The largest absolute Gasteiger partial charge is 0.297 e. The lowest BCUT2D eigenvalue weighted by Crippen LogP contribution is -2.36. The molecule has 0 spiro atoms. The van der Waals surface area contributed by atoms with Gasteiger partial charge in [0.2, 0.25) is 0 Å². The molecule has 2 aliphatic rings. The van der Waals surface area contributed by atoms with E-state index in [0.717, 1.165) is 13.1 Å². The van der Waals surface area contributed by atoms with Gasteiger partial charge in [-0.25, -0.2) is 9.67 Å². The summed E-state index contributed by atoms with van der Waals surface area (Å²) in [6.45, 7) is 3.25. The second-order valence-electron chi connectivity index (χ2n) is 7.10. The summed E-state index contributed by atoms with van der Waals surface area (Å²) in [6.07, 6.45) is 13.5. The maximum absolute atomic E-state index is 4.79. The summed E-state index contributed by atoms with van der Waals surface area (Å²) in [5.74, 6) is 0.683. The predicted molar refractivity (Wildman–Crippen MR) is 88.0 cm³/mol. The average molecular weight is 314 g/mol. The van der Waals surface area contributed by atoms with Crippen LogP contribution in [0.2, 0.25) is 0 Å². The van der Waals surface area contributed by atoms with Crippen molar-refractivity contribution >= 4 is 0 Å². The monoisotopic (exact) mass is 314 g/mol. The van der Waals surface area contributed by atoms with Gasteiger partial charge in [0.25, 0.3) is 0 Å². The molecule has 2 aromatic heterocycles. The standard InChI is InChI=1S/C17H26N6/c1-21-9-15(17(20-21)14-5-2-3-6-14)10-22-8-4-7-16(11-22)23-13-18-12-19-23/h9,12-14,16H,2-8,10-11H2,1H3. The summed E-state index contributed by atoms with van der Waals surface area (Å²) in [7, 11) is 2.05. The van der Waals surface area contributed by atoms with E-state index in [4.69, 9.17) is 5.10 Å². The van der Waals surface area contributed by atoms with Gasteiger partial charge in [0.05, 0.1) is 11.7 Å². The van der Waals surface area contributed by atoms with Crippen LogP contribution in [0.25, 0.3) is 0 Å². The fourth-order valence-corrected chi connectivity index (χ4v) is 4.26. The molecule has 2 aromatic rings. The molecule has 0 bridgehead atoms. The predicted octanol–water partition coefficient (Wildman–Crippen LogP) is 2.51. The van der Waals surface area contributed by atoms with Crippen LogP contribution < -0.4 is 0 Å². The minimum absolute atomic E-state index is 0.456. The van der Waals surface area contributed by atoms with Crippen LogP contribution in [-0.4, -0.2) is 42.5 Å². The number of aromatic nitrogens is 5. The van der Waals surface area contributed by atoms with Crippen LogP contribution >= 0.6 is 0 Å². The zero-order valence-electron chi connectivity index (χ0n) is 13.9. The Morgan fingerprint density at radius 2 is 2.04 bits per heavy atom. The van der Waals surface area contributed by atoms with Crippen LogP contribution in [-0.2, 0) is 13.6 Å².